The highest BCUT2D eigenvalue weighted by Crippen LogP contribution is 2.34. The third-order valence-electron chi connectivity index (χ3n) is 5.75. The number of amides is 2. The Morgan fingerprint density at radius 3 is 2.15 bits per heavy atom. The average molecular weight is 444 g/mol. The molecule has 0 bridgehead atoms. The molecule has 0 saturated carbocycles. The van der Waals surface area contributed by atoms with Crippen LogP contribution in [0.3, 0.4) is 0 Å². The van der Waals surface area contributed by atoms with Crippen molar-refractivity contribution in [1.29, 1.82) is 0 Å². The van der Waals surface area contributed by atoms with Gasteiger partial charge >= 0.3 is 0 Å². The summed E-state index contributed by atoms with van der Waals surface area (Å²) in [6.45, 7) is 7.83. The highest BCUT2D eigenvalue weighted by Gasteiger charge is 2.40. The van der Waals surface area contributed by atoms with E-state index in [0.29, 0.717) is 16.9 Å². The smallest absolute Gasteiger partial charge is 0.282 e. The Hall–Kier alpha value is -3.93. The fourth-order valence-corrected chi connectivity index (χ4v) is 3.98. The number of rotatable bonds is 7. The number of carbonyl (C=O) groups is 2. The van der Waals surface area contributed by atoms with Gasteiger partial charge in [0, 0.05) is 24.5 Å². The first-order valence-corrected chi connectivity index (χ1v) is 11.0. The summed E-state index contributed by atoms with van der Waals surface area (Å²) in [5, 5.41) is 2.99. The lowest BCUT2D eigenvalue weighted by atomic mass is 10.0. The van der Waals surface area contributed by atoms with E-state index in [-0.39, 0.29) is 11.3 Å². The molecular formula is C27H26FN3O2. The second kappa shape index (κ2) is 9.28. The van der Waals surface area contributed by atoms with Crippen LogP contribution < -0.4 is 15.1 Å². The molecule has 0 fully saturated rings. The lowest BCUT2D eigenvalue weighted by molar-refractivity contribution is -0.120. The molecule has 0 saturated heterocycles. The van der Waals surface area contributed by atoms with Crippen molar-refractivity contribution in [3.05, 3.63) is 95.4 Å². The van der Waals surface area contributed by atoms with E-state index in [1.165, 1.54) is 17.0 Å². The zero-order chi connectivity index (χ0) is 23.5. The summed E-state index contributed by atoms with van der Waals surface area (Å²) in [5.41, 5.74) is 3.96. The number of benzene rings is 3. The van der Waals surface area contributed by atoms with Gasteiger partial charge in [0.15, 0.2) is 0 Å². The van der Waals surface area contributed by atoms with E-state index in [1.807, 2.05) is 43.3 Å². The van der Waals surface area contributed by atoms with Crippen molar-refractivity contribution in [2.45, 2.75) is 20.8 Å². The predicted octanol–water partition coefficient (Wildman–Crippen LogP) is 5.38. The highest BCUT2D eigenvalue weighted by molar-refractivity contribution is 6.46. The molecule has 1 N–H and O–H groups in total. The fraction of sp³-hybridized carbons (Fsp3) is 0.185. The molecule has 33 heavy (non-hydrogen) atoms. The van der Waals surface area contributed by atoms with Crippen molar-refractivity contribution in [2.75, 3.05) is 28.2 Å². The third kappa shape index (κ3) is 4.37. The Bertz CT molecular complexity index is 1210. The van der Waals surface area contributed by atoms with Crippen molar-refractivity contribution < 1.29 is 14.0 Å². The number of anilines is 3. The Balaban J connectivity index is 1.75. The minimum absolute atomic E-state index is 0.127. The van der Waals surface area contributed by atoms with Crippen LogP contribution in [0.15, 0.2) is 78.5 Å². The number of nitrogens with zero attached hydrogens (tertiary/aromatic N) is 2. The van der Waals surface area contributed by atoms with E-state index in [1.54, 1.807) is 24.3 Å². The molecule has 0 radical (unpaired) electrons. The van der Waals surface area contributed by atoms with Crippen LogP contribution >= 0.6 is 0 Å². The van der Waals surface area contributed by atoms with Crippen molar-refractivity contribution in [3.63, 3.8) is 0 Å². The molecule has 0 aromatic heterocycles. The van der Waals surface area contributed by atoms with Crippen molar-refractivity contribution in [2.24, 2.45) is 0 Å². The first-order valence-electron chi connectivity index (χ1n) is 11.0. The number of carbonyl (C=O) groups excluding carboxylic acids is 2. The van der Waals surface area contributed by atoms with Crippen LogP contribution in [0, 0.1) is 12.7 Å². The molecule has 0 spiro atoms. The maximum absolute atomic E-state index is 13.8. The normalized spacial score (nSPS) is 13.6. The van der Waals surface area contributed by atoms with Crippen molar-refractivity contribution in [3.8, 4) is 0 Å². The van der Waals surface area contributed by atoms with Gasteiger partial charge < -0.3 is 10.2 Å². The number of aryl methyl sites for hydroxylation is 1. The molecule has 1 aliphatic rings. The van der Waals surface area contributed by atoms with Crippen LogP contribution in [0.25, 0.3) is 5.57 Å². The highest BCUT2D eigenvalue weighted by atomic mass is 19.1. The molecule has 0 atom stereocenters. The Kier molecular flexibility index (Phi) is 6.27. The average Bonchev–Trinajstić information content (AvgIpc) is 3.05. The molecule has 4 rings (SSSR count). The minimum Gasteiger partial charge on any atom is -0.372 e. The van der Waals surface area contributed by atoms with Gasteiger partial charge in [0.05, 0.1) is 11.3 Å². The van der Waals surface area contributed by atoms with E-state index in [4.69, 9.17) is 0 Å². The van der Waals surface area contributed by atoms with Crippen LogP contribution in [0.4, 0.5) is 21.5 Å². The molecule has 2 amide bonds. The monoisotopic (exact) mass is 443 g/mol. The van der Waals surface area contributed by atoms with Crippen molar-refractivity contribution >= 4 is 34.4 Å². The number of hydrogen-bond acceptors (Lipinski definition) is 4. The van der Waals surface area contributed by atoms with E-state index in [0.717, 1.165) is 24.3 Å². The van der Waals surface area contributed by atoms with E-state index < -0.39 is 17.6 Å². The standard InChI is InChI=1S/C27H26FN3O2/c1-4-30(5-2)22-13-15-23(16-14-22)31-26(32)24(19-11-9-18(3)10-12-19)25(27(31)33)29-21-8-6-7-20(28)17-21/h6-17,29H,4-5H2,1-3H3. The Morgan fingerprint density at radius 1 is 0.879 bits per heavy atom. The Morgan fingerprint density at radius 2 is 1.55 bits per heavy atom. The van der Waals surface area contributed by atoms with Crippen LogP contribution in [0.5, 0.6) is 0 Å². The van der Waals surface area contributed by atoms with Gasteiger partial charge in [-0.2, -0.15) is 0 Å². The lowest BCUT2D eigenvalue weighted by Crippen LogP contribution is -2.32. The van der Waals surface area contributed by atoms with Gasteiger partial charge in [0.2, 0.25) is 0 Å². The molecule has 3 aromatic rings. The molecule has 168 valence electrons. The topological polar surface area (TPSA) is 52.6 Å². The number of halogens is 1. The fourth-order valence-electron chi connectivity index (χ4n) is 3.98. The van der Waals surface area contributed by atoms with Crippen LogP contribution in [0.2, 0.25) is 0 Å². The van der Waals surface area contributed by atoms with Gasteiger partial charge in [0.1, 0.15) is 11.5 Å². The van der Waals surface area contributed by atoms with Crippen LogP contribution in [0.1, 0.15) is 25.0 Å². The Labute approximate surface area is 193 Å². The van der Waals surface area contributed by atoms with Gasteiger partial charge in [-0.05, 0) is 68.8 Å². The summed E-state index contributed by atoms with van der Waals surface area (Å²) < 4.78 is 13.8. The second-order valence-electron chi connectivity index (χ2n) is 7.89. The van der Waals surface area contributed by atoms with Crippen LogP contribution in [-0.2, 0) is 9.59 Å². The van der Waals surface area contributed by atoms with Gasteiger partial charge in [-0.3, -0.25) is 9.59 Å². The first kappa shape index (κ1) is 22.3. The number of hydrogen-bond donors (Lipinski definition) is 1. The minimum atomic E-state index is -0.476. The summed E-state index contributed by atoms with van der Waals surface area (Å²) in [4.78, 5) is 30.3. The maximum Gasteiger partial charge on any atom is 0.282 e. The summed E-state index contributed by atoms with van der Waals surface area (Å²) in [7, 11) is 0. The summed E-state index contributed by atoms with van der Waals surface area (Å²) in [5.74, 6) is -1.33. The third-order valence-corrected chi connectivity index (χ3v) is 5.75. The second-order valence-corrected chi connectivity index (χ2v) is 7.89. The quantitative estimate of drug-likeness (QED) is 0.499. The molecule has 0 aliphatic carbocycles. The molecule has 0 unspecified atom stereocenters. The molecule has 1 aliphatic heterocycles. The van der Waals surface area contributed by atoms with Gasteiger partial charge in [0.25, 0.3) is 11.8 Å². The molecular weight excluding hydrogens is 417 g/mol. The summed E-state index contributed by atoms with van der Waals surface area (Å²) in [6.07, 6.45) is 0. The summed E-state index contributed by atoms with van der Waals surface area (Å²) >= 11 is 0. The SMILES string of the molecule is CCN(CC)c1ccc(N2C(=O)C(Nc3cccc(F)c3)=C(c3ccc(C)cc3)C2=O)cc1. The molecule has 5 nitrogen and oxygen atoms in total. The zero-order valence-corrected chi connectivity index (χ0v) is 18.9. The van der Waals surface area contributed by atoms with Gasteiger partial charge in [-0.25, -0.2) is 9.29 Å². The largest absolute Gasteiger partial charge is 0.372 e. The molecule has 1 heterocycles. The van der Waals surface area contributed by atoms with E-state index in [9.17, 15) is 14.0 Å². The summed E-state index contributed by atoms with van der Waals surface area (Å²) in [6, 6.07) is 20.6. The molecule has 6 heteroatoms. The number of imide groups is 1. The molecule has 3 aromatic carbocycles. The van der Waals surface area contributed by atoms with E-state index in [2.05, 4.69) is 24.1 Å². The van der Waals surface area contributed by atoms with Gasteiger partial charge in [-0.1, -0.05) is 35.9 Å². The van der Waals surface area contributed by atoms with Gasteiger partial charge in [-0.15, -0.1) is 0 Å². The zero-order valence-electron chi connectivity index (χ0n) is 18.9. The maximum atomic E-state index is 13.8. The van der Waals surface area contributed by atoms with Crippen molar-refractivity contribution in [1.82, 2.24) is 0 Å². The predicted molar refractivity (Wildman–Crippen MR) is 131 cm³/mol. The van der Waals surface area contributed by atoms with Crippen LogP contribution in [-0.4, -0.2) is 24.9 Å². The lowest BCUT2D eigenvalue weighted by Gasteiger charge is -2.22. The first-order chi connectivity index (χ1) is 15.9. The van der Waals surface area contributed by atoms with E-state index >= 15 is 0 Å². The number of nitrogens with one attached hydrogen (secondary N) is 1.